The van der Waals surface area contributed by atoms with Gasteiger partial charge < -0.3 is 20.1 Å². The molecule has 55 heavy (non-hydrogen) atoms. The number of rotatable bonds is 36. The number of carbonyl (C=O) groups is 2. The monoisotopic (exact) mass is 785 g/mol. The first-order valence-corrected chi connectivity index (χ1v) is 21.9. The summed E-state index contributed by atoms with van der Waals surface area (Å²) in [6.45, 7) is 3.42. The first-order valence-electron chi connectivity index (χ1n) is 20.4. The van der Waals surface area contributed by atoms with Crippen LogP contribution in [0.15, 0.2) is 109 Å². The quantitative estimate of drug-likeness (QED) is 0.0275. The van der Waals surface area contributed by atoms with E-state index in [-0.39, 0.29) is 32.6 Å². The molecule has 0 aromatic rings. The number of allylic oxidation sites excluding steroid dienone is 18. The Morgan fingerprint density at radius 1 is 0.564 bits per heavy atom. The SMILES string of the molecule is CCC=CCC=CCC=CCC=CCC=CCCCC(=O)OC(COC(=O)CCCC=CCC=CCC=CCC=CCCCCC)COP(=O)(O)OCCN. The van der Waals surface area contributed by atoms with E-state index in [2.05, 4.69) is 111 Å². The van der Waals surface area contributed by atoms with Gasteiger partial charge in [0.1, 0.15) is 6.61 Å². The molecule has 0 aliphatic rings. The Balaban J connectivity index is 4.42. The molecule has 0 amide bonds. The molecule has 0 saturated carbocycles. The van der Waals surface area contributed by atoms with E-state index in [4.69, 9.17) is 24.3 Å². The molecule has 2 atom stereocenters. The van der Waals surface area contributed by atoms with E-state index in [1.54, 1.807) is 0 Å². The number of nitrogens with two attached hydrogens (primary N) is 1. The van der Waals surface area contributed by atoms with Crippen molar-refractivity contribution in [3.05, 3.63) is 109 Å². The first-order chi connectivity index (χ1) is 26.8. The van der Waals surface area contributed by atoms with Crippen molar-refractivity contribution >= 4 is 19.8 Å². The summed E-state index contributed by atoms with van der Waals surface area (Å²) in [5, 5.41) is 0. The number of carbonyl (C=O) groups excluding carboxylic acids is 2. The van der Waals surface area contributed by atoms with Crippen LogP contribution in [0.4, 0.5) is 0 Å². The van der Waals surface area contributed by atoms with Crippen molar-refractivity contribution in [3.8, 4) is 0 Å². The van der Waals surface area contributed by atoms with Crippen molar-refractivity contribution in [2.45, 2.75) is 136 Å². The van der Waals surface area contributed by atoms with E-state index < -0.39 is 32.5 Å². The smallest absolute Gasteiger partial charge is 0.462 e. The number of hydrogen-bond donors (Lipinski definition) is 2. The van der Waals surface area contributed by atoms with Crippen LogP contribution in [0, 0.1) is 0 Å². The molecule has 0 aliphatic carbocycles. The van der Waals surface area contributed by atoms with Crippen LogP contribution < -0.4 is 5.73 Å². The summed E-state index contributed by atoms with van der Waals surface area (Å²) in [6, 6.07) is 0. The van der Waals surface area contributed by atoms with Crippen LogP contribution in [0.25, 0.3) is 0 Å². The van der Waals surface area contributed by atoms with Crippen molar-refractivity contribution in [1.29, 1.82) is 0 Å². The Bertz CT molecular complexity index is 1260. The van der Waals surface area contributed by atoms with E-state index >= 15 is 0 Å². The van der Waals surface area contributed by atoms with Gasteiger partial charge in [0.15, 0.2) is 6.10 Å². The van der Waals surface area contributed by atoms with Gasteiger partial charge in [-0.3, -0.25) is 18.6 Å². The van der Waals surface area contributed by atoms with E-state index in [1.807, 2.05) is 12.2 Å². The van der Waals surface area contributed by atoms with Crippen molar-refractivity contribution in [3.63, 3.8) is 0 Å². The number of phosphoric ester groups is 1. The molecule has 0 heterocycles. The van der Waals surface area contributed by atoms with Crippen LogP contribution in [0.1, 0.15) is 129 Å². The van der Waals surface area contributed by atoms with Gasteiger partial charge in [0, 0.05) is 19.4 Å². The fraction of sp³-hybridized carbons (Fsp3) is 0.556. The third-order valence-corrected chi connectivity index (χ3v) is 8.63. The molecule has 0 rings (SSSR count). The number of hydrogen-bond acceptors (Lipinski definition) is 8. The predicted octanol–water partition coefficient (Wildman–Crippen LogP) is 11.6. The predicted molar refractivity (Wildman–Crippen MR) is 228 cm³/mol. The Labute approximate surface area is 333 Å². The maximum atomic E-state index is 12.5. The summed E-state index contributed by atoms with van der Waals surface area (Å²) < 4.78 is 32.6. The number of unbranched alkanes of at least 4 members (excludes halogenated alkanes) is 5. The van der Waals surface area contributed by atoms with Gasteiger partial charge in [0.05, 0.1) is 13.2 Å². The van der Waals surface area contributed by atoms with Crippen LogP contribution in [0.3, 0.4) is 0 Å². The minimum Gasteiger partial charge on any atom is -0.462 e. The van der Waals surface area contributed by atoms with Crippen LogP contribution in [-0.2, 0) is 32.7 Å². The second-order valence-electron chi connectivity index (χ2n) is 12.8. The molecular weight excluding hydrogens is 713 g/mol. The molecule has 0 saturated heterocycles. The van der Waals surface area contributed by atoms with Crippen molar-refractivity contribution < 1.29 is 37.6 Å². The van der Waals surface area contributed by atoms with Crippen LogP contribution in [-0.4, -0.2) is 49.3 Å². The summed E-state index contributed by atoms with van der Waals surface area (Å²) in [5.74, 6) is -0.977. The highest BCUT2D eigenvalue weighted by Gasteiger charge is 2.25. The van der Waals surface area contributed by atoms with Crippen LogP contribution in [0.5, 0.6) is 0 Å². The van der Waals surface area contributed by atoms with Gasteiger partial charge in [-0.2, -0.15) is 0 Å². The van der Waals surface area contributed by atoms with Crippen molar-refractivity contribution in [1.82, 2.24) is 0 Å². The zero-order valence-corrected chi connectivity index (χ0v) is 34.7. The average molecular weight is 786 g/mol. The average Bonchev–Trinajstić information content (AvgIpc) is 3.17. The zero-order chi connectivity index (χ0) is 40.3. The molecule has 0 aromatic carbocycles. The summed E-state index contributed by atoms with van der Waals surface area (Å²) in [5.41, 5.74) is 5.33. The largest absolute Gasteiger partial charge is 0.472 e. The first kappa shape index (κ1) is 51.7. The fourth-order valence-corrected chi connectivity index (χ4v) is 5.43. The van der Waals surface area contributed by atoms with Gasteiger partial charge in [-0.05, 0) is 89.9 Å². The van der Waals surface area contributed by atoms with Crippen LogP contribution >= 0.6 is 7.82 Å². The van der Waals surface area contributed by atoms with Gasteiger partial charge in [0.2, 0.25) is 0 Å². The molecule has 0 fully saturated rings. The lowest BCUT2D eigenvalue weighted by Crippen LogP contribution is -2.29. The molecule has 310 valence electrons. The van der Waals surface area contributed by atoms with E-state index in [0.29, 0.717) is 19.3 Å². The summed E-state index contributed by atoms with van der Waals surface area (Å²) in [7, 11) is -4.41. The molecule has 0 aliphatic heterocycles. The molecular formula is C45H72NO8P. The minimum atomic E-state index is -4.41. The number of esters is 2. The lowest BCUT2D eigenvalue weighted by atomic mass is 10.2. The number of phosphoric acid groups is 1. The van der Waals surface area contributed by atoms with Gasteiger partial charge in [-0.1, -0.05) is 136 Å². The van der Waals surface area contributed by atoms with Crippen LogP contribution in [0.2, 0.25) is 0 Å². The summed E-state index contributed by atoms with van der Waals surface area (Å²) in [6.07, 6.45) is 52.8. The molecule has 0 aromatic heterocycles. The standard InChI is InChI=1S/C45H72NO8P/c1-3-5-7-9-11-13-15-17-19-21-23-25-27-29-31-33-35-37-44(47)51-41-43(42-53-55(49,50)52-40-39-46)54-45(48)38-36-34-32-30-28-26-24-22-20-18-16-14-12-10-8-6-4-2/h6,8,11-14,17-20,23-26,29-32,43H,3-5,7,9-10,15-16,21-22,27-28,33-42,46H2,1-2H3,(H,49,50). The molecule has 0 spiro atoms. The van der Waals surface area contributed by atoms with Gasteiger partial charge in [0.25, 0.3) is 0 Å². The summed E-state index contributed by atoms with van der Waals surface area (Å²) >= 11 is 0. The zero-order valence-electron chi connectivity index (χ0n) is 33.9. The van der Waals surface area contributed by atoms with Crippen molar-refractivity contribution in [2.24, 2.45) is 5.73 Å². The van der Waals surface area contributed by atoms with E-state index in [9.17, 15) is 19.0 Å². The maximum absolute atomic E-state index is 12.5. The van der Waals surface area contributed by atoms with Gasteiger partial charge >= 0.3 is 19.8 Å². The summed E-state index contributed by atoms with van der Waals surface area (Å²) in [4.78, 5) is 34.8. The van der Waals surface area contributed by atoms with Gasteiger partial charge in [-0.25, -0.2) is 4.57 Å². The van der Waals surface area contributed by atoms with Crippen molar-refractivity contribution in [2.75, 3.05) is 26.4 Å². The molecule has 0 bridgehead atoms. The second-order valence-corrected chi connectivity index (χ2v) is 14.2. The Hall–Kier alpha value is -3.33. The van der Waals surface area contributed by atoms with E-state index in [0.717, 1.165) is 57.8 Å². The number of ether oxygens (including phenoxy) is 2. The Morgan fingerprint density at radius 3 is 1.42 bits per heavy atom. The maximum Gasteiger partial charge on any atom is 0.472 e. The molecule has 9 nitrogen and oxygen atoms in total. The highest BCUT2D eigenvalue weighted by atomic mass is 31.2. The Kier molecular flexibility index (Phi) is 37.9. The lowest BCUT2D eigenvalue weighted by Gasteiger charge is -2.19. The highest BCUT2D eigenvalue weighted by Crippen LogP contribution is 2.43. The second kappa shape index (κ2) is 40.3. The molecule has 3 N–H and O–H groups in total. The normalized spacial score (nSPS) is 14.5. The highest BCUT2D eigenvalue weighted by molar-refractivity contribution is 7.47. The molecule has 0 radical (unpaired) electrons. The molecule has 10 heteroatoms. The van der Waals surface area contributed by atoms with E-state index in [1.165, 1.54) is 25.7 Å². The minimum absolute atomic E-state index is 0.0306. The topological polar surface area (TPSA) is 134 Å². The third-order valence-electron chi connectivity index (χ3n) is 7.64. The molecule has 2 unspecified atom stereocenters. The third kappa shape index (κ3) is 40.2. The Morgan fingerprint density at radius 2 is 0.982 bits per heavy atom. The fourth-order valence-electron chi connectivity index (χ4n) is 4.66. The lowest BCUT2D eigenvalue weighted by molar-refractivity contribution is -0.161. The van der Waals surface area contributed by atoms with Gasteiger partial charge in [-0.15, -0.1) is 0 Å².